The van der Waals surface area contributed by atoms with Gasteiger partial charge in [0.15, 0.2) is 0 Å². The minimum Gasteiger partial charge on any atom is -0.495 e. The summed E-state index contributed by atoms with van der Waals surface area (Å²) in [5.41, 5.74) is 5.67. The van der Waals surface area contributed by atoms with Crippen LogP contribution in [-0.2, 0) is 16.6 Å². The summed E-state index contributed by atoms with van der Waals surface area (Å²) in [5.74, 6) is 0.809. The van der Waals surface area contributed by atoms with Crippen molar-refractivity contribution in [3.63, 3.8) is 0 Å². The largest absolute Gasteiger partial charge is 0.495 e. The number of pyridine rings is 2. The number of ether oxygens (including phenoxy) is 1. The highest BCUT2D eigenvalue weighted by molar-refractivity contribution is 5.90. The monoisotopic (exact) mass is 464 g/mol. The number of likely N-dealkylation sites (tertiary alicyclic amines) is 1. The minimum atomic E-state index is -0.881. The molecule has 0 bridgehead atoms. The number of nitrogens with one attached hydrogen (secondary N) is 1. The molecule has 8 nitrogen and oxygen atoms in total. The van der Waals surface area contributed by atoms with Crippen molar-refractivity contribution in [3.8, 4) is 23.1 Å². The molecule has 2 unspecified atom stereocenters. The first-order valence-electron chi connectivity index (χ1n) is 11.7. The number of carbonyl (C=O) groups excluding carboxylic acids is 1. The number of aromatic amines is 1. The first kappa shape index (κ1) is 21.3. The Morgan fingerprint density at radius 3 is 2.83 bits per heavy atom. The Morgan fingerprint density at radius 2 is 2.11 bits per heavy atom. The number of amides is 1. The molecule has 2 atom stereocenters. The van der Waals surface area contributed by atoms with Gasteiger partial charge in [0, 0.05) is 49.5 Å². The first-order valence-corrected chi connectivity index (χ1v) is 11.7. The van der Waals surface area contributed by atoms with Gasteiger partial charge in [0.1, 0.15) is 28.1 Å². The molecule has 0 saturated carbocycles. The van der Waals surface area contributed by atoms with Gasteiger partial charge in [0.05, 0.1) is 18.7 Å². The fraction of sp³-hybridized carbons (Fsp3) is 0.296. The molecule has 1 saturated heterocycles. The van der Waals surface area contributed by atoms with E-state index in [0.29, 0.717) is 42.0 Å². The molecule has 1 N–H and O–H groups in total. The number of carbonyl (C=O) groups is 1. The van der Waals surface area contributed by atoms with Crippen molar-refractivity contribution in [2.45, 2.75) is 30.6 Å². The Balaban J connectivity index is 1.44. The second-order valence-electron chi connectivity index (χ2n) is 9.33. The van der Waals surface area contributed by atoms with Crippen LogP contribution in [0.1, 0.15) is 41.3 Å². The number of aryl methyl sites for hydroxylation is 1. The average Bonchev–Trinajstić information content (AvgIpc) is 3.58. The van der Waals surface area contributed by atoms with E-state index < -0.39 is 5.41 Å². The molecule has 6 rings (SSSR count). The van der Waals surface area contributed by atoms with Crippen LogP contribution >= 0.6 is 0 Å². The van der Waals surface area contributed by atoms with E-state index in [9.17, 15) is 10.1 Å². The molecule has 1 aliphatic carbocycles. The van der Waals surface area contributed by atoms with E-state index >= 15 is 0 Å². The normalized spacial score (nSPS) is 21.3. The van der Waals surface area contributed by atoms with Crippen molar-refractivity contribution in [2.24, 2.45) is 0 Å². The second kappa shape index (κ2) is 7.91. The highest BCUT2D eigenvalue weighted by Crippen LogP contribution is 2.47. The van der Waals surface area contributed by atoms with Crippen LogP contribution in [0.25, 0.3) is 22.3 Å². The van der Waals surface area contributed by atoms with E-state index in [4.69, 9.17) is 9.72 Å². The maximum Gasteiger partial charge on any atom is 0.223 e. The number of rotatable bonds is 4. The third-order valence-electron chi connectivity index (χ3n) is 7.38. The van der Waals surface area contributed by atoms with Crippen LogP contribution in [0, 0.1) is 11.3 Å². The summed E-state index contributed by atoms with van der Waals surface area (Å²) < 4.78 is 5.71. The quantitative estimate of drug-likeness (QED) is 0.493. The zero-order valence-electron chi connectivity index (χ0n) is 19.6. The lowest BCUT2D eigenvalue weighted by molar-refractivity contribution is -0.126. The summed E-state index contributed by atoms with van der Waals surface area (Å²) >= 11 is 0. The van der Waals surface area contributed by atoms with E-state index in [1.165, 1.54) is 5.56 Å². The average molecular weight is 465 g/mol. The van der Waals surface area contributed by atoms with Gasteiger partial charge in [-0.05, 0) is 36.1 Å². The van der Waals surface area contributed by atoms with Crippen molar-refractivity contribution < 1.29 is 9.53 Å². The Kier molecular flexibility index (Phi) is 4.81. The summed E-state index contributed by atoms with van der Waals surface area (Å²) in [5, 5.41) is 18.0. The van der Waals surface area contributed by atoms with Crippen LogP contribution in [0.4, 0.5) is 0 Å². The van der Waals surface area contributed by atoms with Crippen molar-refractivity contribution >= 4 is 16.9 Å². The van der Waals surface area contributed by atoms with Gasteiger partial charge in [0.2, 0.25) is 5.91 Å². The van der Waals surface area contributed by atoms with Crippen LogP contribution in [0.2, 0.25) is 0 Å². The molecule has 1 aliphatic heterocycles. The summed E-state index contributed by atoms with van der Waals surface area (Å²) in [6.07, 6.45) is 3.73. The van der Waals surface area contributed by atoms with E-state index in [1.54, 1.807) is 18.2 Å². The number of hydrogen-bond acceptors (Lipinski definition) is 6. The van der Waals surface area contributed by atoms with Crippen molar-refractivity contribution in [3.05, 3.63) is 71.2 Å². The SMILES string of the molecule is COc1cc2[nH]nc(-c3ccc(C4CC(=O)N(C)C4)nc3)c2nc1C1(C#N)CCc2ccccc21. The van der Waals surface area contributed by atoms with Gasteiger partial charge >= 0.3 is 0 Å². The lowest BCUT2D eigenvalue weighted by Gasteiger charge is -2.24. The minimum absolute atomic E-state index is 0.101. The fourth-order valence-electron chi connectivity index (χ4n) is 5.47. The molecule has 8 heteroatoms. The summed E-state index contributed by atoms with van der Waals surface area (Å²) in [6, 6.07) is 16.4. The first-order chi connectivity index (χ1) is 17.0. The predicted octanol–water partition coefficient (Wildman–Crippen LogP) is 3.73. The number of fused-ring (bicyclic) bond motifs is 2. The summed E-state index contributed by atoms with van der Waals surface area (Å²) in [4.78, 5) is 23.3. The lowest BCUT2D eigenvalue weighted by Crippen LogP contribution is -2.25. The van der Waals surface area contributed by atoms with Crippen molar-refractivity contribution in [1.82, 2.24) is 25.1 Å². The Bertz CT molecular complexity index is 1500. The number of H-pyrrole nitrogens is 1. The van der Waals surface area contributed by atoms with Crippen LogP contribution < -0.4 is 4.74 Å². The Hall–Kier alpha value is -4.25. The van der Waals surface area contributed by atoms with E-state index in [2.05, 4.69) is 27.3 Å². The zero-order valence-corrected chi connectivity index (χ0v) is 19.6. The number of hydrogen-bond donors (Lipinski definition) is 1. The zero-order chi connectivity index (χ0) is 24.2. The van der Waals surface area contributed by atoms with Gasteiger partial charge in [-0.15, -0.1) is 0 Å². The molecule has 0 spiro atoms. The molecule has 0 radical (unpaired) electrons. The molecule has 1 aromatic carbocycles. The maximum absolute atomic E-state index is 11.9. The maximum atomic E-state index is 11.9. The number of methoxy groups -OCH3 is 1. The highest BCUT2D eigenvalue weighted by Gasteiger charge is 2.44. The fourth-order valence-corrected chi connectivity index (χ4v) is 5.47. The van der Waals surface area contributed by atoms with Gasteiger partial charge in [-0.1, -0.05) is 24.3 Å². The number of benzene rings is 1. The highest BCUT2D eigenvalue weighted by atomic mass is 16.5. The molecule has 4 aromatic rings. The molecule has 35 heavy (non-hydrogen) atoms. The third-order valence-corrected chi connectivity index (χ3v) is 7.38. The van der Waals surface area contributed by atoms with Gasteiger partial charge in [-0.25, -0.2) is 4.98 Å². The molecular formula is C27H24N6O2. The molecular weight excluding hydrogens is 440 g/mol. The van der Waals surface area contributed by atoms with E-state index in [-0.39, 0.29) is 11.8 Å². The van der Waals surface area contributed by atoms with E-state index in [0.717, 1.165) is 28.8 Å². The van der Waals surface area contributed by atoms with Crippen LogP contribution in [0.5, 0.6) is 5.75 Å². The predicted molar refractivity (Wildman–Crippen MR) is 130 cm³/mol. The Morgan fingerprint density at radius 1 is 1.26 bits per heavy atom. The summed E-state index contributed by atoms with van der Waals surface area (Å²) in [7, 11) is 3.42. The van der Waals surface area contributed by atoms with E-state index in [1.807, 2.05) is 43.4 Å². The smallest absolute Gasteiger partial charge is 0.223 e. The van der Waals surface area contributed by atoms with Crippen LogP contribution in [-0.4, -0.2) is 51.7 Å². The summed E-state index contributed by atoms with van der Waals surface area (Å²) in [6.45, 7) is 0.680. The lowest BCUT2D eigenvalue weighted by atomic mass is 9.79. The molecule has 4 heterocycles. The van der Waals surface area contributed by atoms with Gasteiger partial charge < -0.3 is 9.64 Å². The molecule has 3 aromatic heterocycles. The van der Waals surface area contributed by atoms with Crippen LogP contribution in [0.15, 0.2) is 48.7 Å². The molecule has 2 aliphatic rings. The number of likely N-dealkylation sites (N-methyl/N-ethyl adjacent to an activating group) is 1. The number of nitriles is 1. The van der Waals surface area contributed by atoms with Gasteiger partial charge in [0.25, 0.3) is 0 Å². The van der Waals surface area contributed by atoms with Gasteiger partial charge in [-0.2, -0.15) is 10.4 Å². The standard InChI is InChI=1S/C27H24N6O2/c1-33-14-18(11-23(33)34)20-8-7-17(13-29-20)24-25-21(31-32-24)12-22(35-2)26(30-25)27(15-28)10-9-16-5-3-4-6-19(16)27/h3-8,12-13,18H,9-11,14H2,1-2H3,(H,31,32). The second-order valence-corrected chi connectivity index (χ2v) is 9.33. The molecule has 1 amide bonds. The Labute approximate surface area is 202 Å². The molecule has 1 fully saturated rings. The van der Waals surface area contributed by atoms with Crippen LogP contribution in [0.3, 0.4) is 0 Å². The number of nitrogens with zero attached hydrogens (tertiary/aromatic N) is 5. The van der Waals surface area contributed by atoms with Crippen molar-refractivity contribution in [2.75, 3.05) is 20.7 Å². The third kappa shape index (κ3) is 3.19. The van der Waals surface area contributed by atoms with Crippen molar-refractivity contribution in [1.29, 1.82) is 5.26 Å². The van der Waals surface area contributed by atoms with Gasteiger partial charge in [-0.3, -0.25) is 14.9 Å². The topological polar surface area (TPSA) is 108 Å². The molecule has 174 valence electrons. The number of aromatic nitrogens is 4.